The van der Waals surface area contributed by atoms with Crippen LogP contribution >= 0.6 is 0 Å². The van der Waals surface area contributed by atoms with Gasteiger partial charge in [-0.1, -0.05) is 6.07 Å². The zero-order chi connectivity index (χ0) is 14.8. The Hall–Kier alpha value is -1.92. The molecule has 0 saturated carbocycles. The van der Waals surface area contributed by atoms with Crippen LogP contribution in [0.4, 0.5) is 0 Å². The average molecular weight is 289 g/mol. The number of esters is 1. The molecule has 0 bridgehead atoms. The normalized spacial score (nSPS) is 19.8. The quantitative estimate of drug-likeness (QED) is 0.790. The summed E-state index contributed by atoms with van der Waals surface area (Å²) in [5, 5.41) is 0. The van der Waals surface area contributed by atoms with Crippen molar-refractivity contribution in [1.29, 1.82) is 0 Å². The topological polar surface area (TPSA) is 56.1 Å². The summed E-state index contributed by atoms with van der Waals surface area (Å²) in [7, 11) is 1.41. The molecule has 21 heavy (non-hydrogen) atoms. The molecular weight excluding hydrogens is 270 g/mol. The molecule has 0 aliphatic carbocycles. The minimum Gasteiger partial charge on any atom is -0.468 e. The van der Waals surface area contributed by atoms with Gasteiger partial charge in [-0.2, -0.15) is 0 Å². The summed E-state index contributed by atoms with van der Waals surface area (Å²) < 4.78 is 12.2. The summed E-state index contributed by atoms with van der Waals surface area (Å²) in [6.07, 6.45) is 4.05. The van der Waals surface area contributed by atoms with Crippen LogP contribution in [0.25, 0.3) is 5.65 Å². The molecule has 0 N–H and O–H groups in total. The number of methoxy groups -OCH3 is 1. The highest BCUT2D eigenvalue weighted by Gasteiger charge is 2.30. The van der Waals surface area contributed by atoms with E-state index in [1.165, 1.54) is 12.7 Å². The number of hydrogen-bond acceptors (Lipinski definition) is 5. The van der Waals surface area contributed by atoms with Gasteiger partial charge < -0.3 is 13.9 Å². The van der Waals surface area contributed by atoms with Crippen LogP contribution < -0.4 is 0 Å². The molecule has 1 aliphatic heterocycles. The third-order valence-electron chi connectivity index (χ3n) is 3.73. The summed E-state index contributed by atoms with van der Waals surface area (Å²) >= 11 is 0. The van der Waals surface area contributed by atoms with Gasteiger partial charge in [0.2, 0.25) is 0 Å². The van der Waals surface area contributed by atoms with Gasteiger partial charge in [-0.25, -0.2) is 4.98 Å². The van der Waals surface area contributed by atoms with Gasteiger partial charge in [0.05, 0.1) is 26.0 Å². The van der Waals surface area contributed by atoms with Gasteiger partial charge in [0.15, 0.2) is 0 Å². The second-order valence-corrected chi connectivity index (χ2v) is 5.29. The van der Waals surface area contributed by atoms with Crippen molar-refractivity contribution in [3.8, 4) is 0 Å². The molecule has 6 nitrogen and oxygen atoms in total. The molecule has 112 valence electrons. The maximum atomic E-state index is 11.8. The molecule has 2 aromatic heterocycles. The molecule has 6 heteroatoms. The molecule has 1 atom stereocenters. The molecule has 0 aromatic carbocycles. The monoisotopic (exact) mass is 289 g/mol. The van der Waals surface area contributed by atoms with Crippen molar-refractivity contribution in [3.63, 3.8) is 0 Å². The summed E-state index contributed by atoms with van der Waals surface area (Å²) in [6, 6.07) is 3.68. The third-order valence-corrected chi connectivity index (χ3v) is 3.73. The number of pyridine rings is 1. The molecule has 2 aromatic rings. The predicted octanol–water partition coefficient (Wildman–Crippen LogP) is 1.02. The number of aryl methyl sites for hydroxylation is 1. The number of carbonyl (C=O) groups is 1. The van der Waals surface area contributed by atoms with E-state index in [1.54, 1.807) is 0 Å². The van der Waals surface area contributed by atoms with E-state index in [4.69, 9.17) is 9.47 Å². The lowest BCUT2D eigenvalue weighted by Gasteiger charge is -2.32. The number of rotatable bonds is 3. The summed E-state index contributed by atoms with van der Waals surface area (Å²) in [5.41, 5.74) is 3.04. The van der Waals surface area contributed by atoms with E-state index in [2.05, 4.69) is 9.88 Å². The summed E-state index contributed by atoms with van der Waals surface area (Å²) in [6.45, 7) is 4.37. The van der Waals surface area contributed by atoms with E-state index < -0.39 is 0 Å². The van der Waals surface area contributed by atoms with Gasteiger partial charge in [0.1, 0.15) is 11.7 Å². The van der Waals surface area contributed by atoms with Crippen LogP contribution in [-0.4, -0.2) is 53.2 Å². The molecule has 1 saturated heterocycles. The fourth-order valence-corrected chi connectivity index (χ4v) is 2.62. The van der Waals surface area contributed by atoms with E-state index in [-0.39, 0.29) is 12.0 Å². The Balaban J connectivity index is 1.80. The molecule has 0 amide bonds. The van der Waals surface area contributed by atoms with Crippen molar-refractivity contribution in [2.24, 2.45) is 0 Å². The second kappa shape index (κ2) is 5.83. The number of hydrogen-bond donors (Lipinski definition) is 0. The van der Waals surface area contributed by atoms with Crippen LogP contribution in [0.5, 0.6) is 0 Å². The largest absolute Gasteiger partial charge is 0.468 e. The first-order chi connectivity index (χ1) is 10.2. The SMILES string of the molecule is COC(=O)C1COCCN1Cc1cn2cc(C)ccc2n1. The molecular formula is C15H19N3O3. The van der Waals surface area contributed by atoms with Crippen molar-refractivity contribution < 1.29 is 14.3 Å². The van der Waals surface area contributed by atoms with Gasteiger partial charge in [-0.3, -0.25) is 9.69 Å². The van der Waals surface area contributed by atoms with Crippen LogP contribution in [0.3, 0.4) is 0 Å². The Bertz CT molecular complexity index is 653. The maximum absolute atomic E-state index is 11.8. The fraction of sp³-hybridized carbons (Fsp3) is 0.467. The van der Waals surface area contributed by atoms with E-state index in [0.29, 0.717) is 26.3 Å². The number of imidazole rings is 1. The standard InChI is InChI=1S/C15H19N3O3/c1-11-3-4-14-16-12(9-18(14)7-11)8-17-5-6-21-10-13(17)15(19)20-2/h3-4,7,9,13H,5-6,8,10H2,1-2H3. The number of aromatic nitrogens is 2. The van der Waals surface area contributed by atoms with Crippen LogP contribution in [0.1, 0.15) is 11.3 Å². The molecule has 1 aliphatic rings. The van der Waals surface area contributed by atoms with Crippen LogP contribution in [-0.2, 0) is 20.8 Å². The third kappa shape index (κ3) is 2.91. The maximum Gasteiger partial charge on any atom is 0.325 e. The summed E-state index contributed by atoms with van der Waals surface area (Å²) in [4.78, 5) is 18.5. The van der Waals surface area contributed by atoms with E-state index >= 15 is 0 Å². The lowest BCUT2D eigenvalue weighted by atomic mass is 10.2. The van der Waals surface area contributed by atoms with Crippen LogP contribution in [0, 0.1) is 6.92 Å². The van der Waals surface area contributed by atoms with E-state index in [9.17, 15) is 4.79 Å². The predicted molar refractivity (Wildman–Crippen MR) is 77.0 cm³/mol. The van der Waals surface area contributed by atoms with Crippen molar-refractivity contribution in [3.05, 3.63) is 35.8 Å². The Morgan fingerprint density at radius 1 is 1.48 bits per heavy atom. The Morgan fingerprint density at radius 2 is 2.33 bits per heavy atom. The lowest BCUT2D eigenvalue weighted by molar-refractivity contribution is -0.153. The van der Waals surface area contributed by atoms with E-state index in [0.717, 1.165) is 11.3 Å². The number of carbonyl (C=O) groups excluding carboxylic acids is 1. The Kier molecular flexibility index (Phi) is 3.90. The number of fused-ring (bicyclic) bond motifs is 1. The van der Waals surface area contributed by atoms with Crippen molar-refractivity contribution in [2.75, 3.05) is 26.9 Å². The first kappa shape index (κ1) is 14.0. The van der Waals surface area contributed by atoms with Crippen LogP contribution in [0.2, 0.25) is 0 Å². The van der Waals surface area contributed by atoms with E-state index in [1.807, 2.05) is 35.9 Å². The first-order valence-corrected chi connectivity index (χ1v) is 7.01. The molecule has 3 heterocycles. The number of ether oxygens (including phenoxy) is 2. The first-order valence-electron chi connectivity index (χ1n) is 7.01. The van der Waals surface area contributed by atoms with Crippen LogP contribution in [0.15, 0.2) is 24.5 Å². The number of morpholine rings is 1. The molecule has 1 fully saturated rings. The Morgan fingerprint density at radius 3 is 3.14 bits per heavy atom. The zero-order valence-corrected chi connectivity index (χ0v) is 12.3. The van der Waals surface area contributed by atoms with Gasteiger partial charge in [0.25, 0.3) is 0 Å². The zero-order valence-electron chi connectivity index (χ0n) is 12.3. The van der Waals surface area contributed by atoms with Gasteiger partial charge >= 0.3 is 5.97 Å². The minimum atomic E-state index is -0.352. The average Bonchev–Trinajstić information content (AvgIpc) is 2.88. The van der Waals surface area contributed by atoms with Crippen molar-refractivity contribution in [2.45, 2.75) is 19.5 Å². The number of nitrogens with zero attached hydrogens (tertiary/aromatic N) is 3. The molecule has 1 unspecified atom stereocenters. The van der Waals surface area contributed by atoms with Gasteiger partial charge in [-0.15, -0.1) is 0 Å². The highest BCUT2D eigenvalue weighted by molar-refractivity contribution is 5.75. The Labute approximate surface area is 123 Å². The second-order valence-electron chi connectivity index (χ2n) is 5.29. The van der Waals surface area contributed by atoms with Crippen molar-refractivity contribution in [1.82, 2.24) is 14.3 Å². The van der Waals surface area contributed by atoms with Gasteiger partial charge in [-0.05, 0) is 18.6 Å². The van der Waals surface area contributed by atoms with Crippen molar-refractivity contribution >= 4 is 11.6 Å². The highest BCUT2D eigenvalue weighted by Crippen LogP contribution is 2.14. The summed E-state index contributed by atoms with van der Waals surface area (Å²) in [5.74, 6) is -0.255. The van der Waals surface area contributed by atoms with Gasteiger partial charge in [0, 0.05) is 25.5 Å². The molecule has 0 spiro atoms. The molecule has 0 radical (unpaired) electrons. The highest BCUT2D eigenvalue weighted by atomic mass is 16.5. The molecule has 3 rings (SSSR count). The fourth-order valence-electron chi connectivity index (χ4n) is 2.62. The lowest BCUT2D eigenvalue weighted by Crippen LogP contribution is -2.49. The minimum absolute atomic E-state index is 0.255. The smallest absolute Gasteiger partial charge is 0.325 e.